The van der Waals surface area contributed by atoms with Gasteiger partial charge in [-0.05, 0) is 107 Å². The van der Waals surface area contributed by atoms with Gasteiger partial charge >= 0.3 is 0 Å². The minimum atomic E-state index is -0.182. The van der Waals surface area contributed by atoms with E-state index in [4.69, 9.17) is 4.98 Å². The second-order valence-corrected chi connectivity index (χ2v) is 14.0. The second kappa shape index (κ2) is 10.5. The van der Waals surface area contributed by atoms with E-state index < -0.39 is 0 Å². The average Bonchev–Trinajstić information content (AvgIpc) is 3.38. The Labute approximate surface area is 286 Å². The molecule has 0 bridgehead atoms. The van der Waals surface area contributed by atoms with E-state index >= 15 is 0 Å². The van der Waals surface area contributed by atoms with E-state index in [9.17, 15) is 0 Å². The summed E-state index contributed by atoms with van der Waals surface area (Å²) >= 11 is 0. The first-order valence-corrected chi connectivity index (χ1v) is 17.1. The minimum absolute atomic E-state index is 0.182. The highest BCUT2D eigenvalue weighted by Crippen LogP contribution is 2.54. The number of hydrogen-bond acceptors (Lipinski definition) is 1. The van der Waals surface area contributed by atoms with Gasteiger partial charge in [-0.2, -0.15) is 0 Å². The Bertz CT molecular complexity index is 2780. The fourth-order valence-electron chi connectivity index (χ4n) is 8.32. The fourth-order valence-corrected chi connectivity index (χ4v) is 8.32. The maximum Gasteiger partial charge on any atom is 0.0759 e. The van der Waals surface area contributed by atoms with E-state index in [-0.39, 0.29) is 5.41 Å². The molecule has 0 saturated carbocycles. The molecule has 49 heavy (non-hydrogen) atoms. The van der Waals surface area contributed by atoms with Crippen LogP contribution in [0, 0.1) is 0 Å². The van der Waals surface area contributed by atoms with Crippen LogP contribution >= 0.6 is 0 Å². The number of benzene rings is 8. The first-order chi connectivity index (χ1) is 24.0. The molecule has 0 saturated heterocycles. The largest absolute Gasteiger partial charge is 0.247 e. The Balaban J connectivity index is 1.11. The van der Waals surface area contributed by atoms with Crippen molar-refractivity contribution in [3.05, 3.63) is 175 Å². The van der Waals surface area contributed by atoms with Gasteiger partial charge in [-0.25, -0.2) is 4.98 Å². The summed E-state index contributed by atoms with van der Waals surface area (Å²) in [4.78, 5) is 5.37. The van der Waals surface area contributed by atoms with Crippen molar-refractivity contribution in [3.63, 3.8) is 0 Å². The number of hydrogen-bond donors (Lipinski definition) is 0. The first-order valence-electron chi connectivity index (χ1n) is 17.1. The van der Waals surface area contributed by atoms with Crippen molar-refractivity contribution in [1.29, 1.82) is 0 Å². The summed E-state index contributed by atoms with van der Waals surface area (Å²) < 4.78 is 0. The molecule has 0 fully saturated rings. The van der Waals surface area contributed by atoms with Gasteiger partial charge in [0.2, 0.25) is 0 Å². The van der Waals surface area contributed by atoms with Crippen molar-refractivity contribution in [2.75, 3.05) is 0 Å². The van der Waals surface area contributed by atoms with Crippen LogP contribution in [0.3, 0.4) is 0 Å². The molecule has 1 nitrogen and oxygen atoms in total. The maximum atomic E-state index is 5.37. The van der Waals surface area contributed by atoms with Gasteiger partial charge < -0.3 is 0 Å². The lowest BCUT2D eigenvalue weighted by Crippen LogP contribution is -2.16. The van der Waals surface area contributed by atoms with E-state index in [2.05, 4.69) is 178 Å². The number of fused-ring (bicyclic) bond motifs is 8. The topological polar surface area (TPSA) is 12.9 Å². The van der Waals surface area contributed by atoms with Crippen molar-refractivity contribution in [3.8, 4) is 44.6 Å². The summed E-state index contributed by atoms with van der Waals surface area (Å²) in [6.07, 6.45) is 0. The normalized spacial score (nSPS) is 13.3. The van der Waals surface area contributed by atoms with E-state index in [0.29, 0.717) is 0 Å². The molecule has 0 unspecified atom stereocenters. The molecule has 0 atom stereocenters. The molecule has 1 aliphatic rings. The Morgan fingerprint density at radius 1 is 0.429 bits per heavy atom. The third-order valence-corrected chi connectivity index (χ3v) is 10.8. The zero-order valence-electron chi connectivity index (χ0n) is 27.5. The summed E-state index contributed by atoms with van der Waals surface area (Å²) in [6, 6.07) is 60.1. The van der Waals surface area contributed by atoms with Gasteiger partial charge in [0.15, 0.2) is 0 Å². The molecule has 0 N–H and O–H groups in total. The highest BCUT2D eigenvalue weighted by molar-refractivity contribution is 6.16. The molecule has 230 valence electrons. The summed E-state index contributed by atoms with van der Waals surface area (Å²) in [5.74, 6) is 0. The molecule has 8 aromatic carbocycles. The lowest BCUT2D eigenvalue weighted by Gasteiger charge is -2.25. The predicted octanol–water partition coefficient (Wildman–Crippen LogP) is 13.0. The van der Waals surface area contributed by atoms with Crippen LogP contribution in [0.1, 0.15) is 25.0 Å². The zero-order chi connectivity index (χ0) is 32.7. The molecule has 1 aliphatic carbocycles. The first kappa shape index (κ1) is 28.0. The number of nitrogens with zero attached hydrogens (tertiary/aromatic N) is 1. The molecule has 10 rings (SSSR count). The van der Waals surface area contributed by atoms with Crippen molar-refractivity contribution >= 4 is 43.2 Å². The molecular weight excluding hydrogens is 591 g/mol. The van der Waals surface area contributed by atoms with Gasteiger partial charge in [0, 0.05) is 16.4 Å². The Kier molecular flexibility index (Phi) is 5.99. The molecule has 0 radical (unpaired) electrons. The maximum absolute atomic E-state index is 5.37. The standard InChI is InChI=1S/C48H33N/c1-48(2)42-17-8-7-16-41(42)47-46(48)44(45-40-15-6-5-10-31(40)24-25-43(45)49-47)32-20-18-30(19-21-32)33-13-9-14-36(26-33)37-22-23-38-27-34-11-3-4-12-35(34)28-39(38)29-37/h3-29H,1-2H3. The van der Waals surface area contributed by atoms with E-state index in [1.807, 2.05) is 0 Å². The van der Waals surface area contributed by atoms with Gasteiger partial charge in [-0.15, -0.1) is 0 Å². The second-order valence-electron chi connectivity index (χ2n) is 14.0. The van der Waals surface area contributed by atoms with Crippen molar-refractivity contribution in [2.24, 2.45) is 0 Å². The minimum Gasteiger partial charge on any atom is -0.247 e. The van der Waals surface area contributed by atoms with Crippen LogP contribution < -0.4 is 0 Å². The molecule has 9 aromatic rings. The van der Waals surface area contributed by atoms with Crippen molar-refractivity contribution < 1.29 is 0 Å². The number of rotatable bonds is 3. The highest BCUT2D eigenvalue weighted by atomic mass is 14.7. The van der Waals surface area contributed by atoms with Gasteiger partial charge in [0.25, 0.3) is 0 Å². The Hall–Kier alpha value is -6.05. The van der Waals surface area contributed by atoms with Crippen LogP contribution in [0.2, 0.25) is 0 Å². The molecule has 0 amide bonds. The van der Waals surface area contributed by atoms with E-state index in [1.54, 1.807) is 0 Å². The monoisotopic (exact) mass is 623 g/mol. The number of aromatic nitrogens is 1. The summed E-state index contributed by atoms with van der Waals surface area (Å²) in [7, 11) is 0. The smallest absolute Gasteiger partial charge is 0.0759 e. The molecule has 1 heteroatoms. The molecule has 0 spiro atoms. The lowest BCUT2D eigenvalue weighted by molar-refractivity contribution is 0.662. The van der Waals surface area contributed by atoms with Gasteiger partial charge in [0.1, 0.15) is 0 Å². The van der Waals surface area contributed by atoms with Crippen LogP contribution in [0.25, 0.3) is 87.9 Å². The van der Waals surface area contributed by atoms with Crippen molar-refractivity contribution in [1.82, 2.24) is 4.98 Å². The number of pyridine rings is 1. The molecule has 1 aromatic heterocycles. The van der Waals surface area contributed by atoms with Crippen LogP contribution in [-0.4, -0.2) is 4.98 Å². The predicted molar refractivity (Wildman–Crippen MR) is 208 cm³/mol. The summed E-state index contributed by atoms with van der Waals surface area (Å²) in [5.41, 5.74) is 13.3. The fraction of sp³-hybridized carbons (Fsp3) is 0.0625. The quantitative estimate of drug-likeness (QED) is 0.141. The van der Waals surface area contributed by atoms with Crippen LogP contribution in [0.5, 0.6) is 0 Å². The average molecular weight is 624 g/mol. The van der Waals surface area contributed by atoms with Gasteiger partial charge in [0.05, 0.1) is 11.2 Å². The Morgan fingerprint density at radius 3 is 1.84 bits per heavy atom. The molecule has 1 heterocycles. The highest BCUT2D eigenvalue weighted by Gasteiger charge is 2.39. The summed E-state index contributed by atoms with van der Waals surface area (Å²) in [5, 5.41) is 8.80. The van der Waals surface area contributed by atoms with E-state index in [1.165, 1.54) is 87.8 Å². The van der Waals surface area contributed by atoms with E-state index in [0.717, 1.165) is 11.2 Å². The third-order valence-electron chi connectivity index (χ3n) is 10.8. The van der Waals surface area contributed by atoms with Crippen LogP contribution in [0.15, 0.2) is 164 Å². The lowest BCUT2D eigenvalue weighted by atomic mass is 9.78. The van der Waals surface area contributed by atoms with Crippen molar-refractivity contribution in [2.45, 2.75) is 19.3 Å². The van der Waals surface area contributed by atoms with Crippen LogP contribution in [-0.2, 0) is 5.41 Å². The third kappa shape index (κ3) is 4.29. The molecular formula is C48H33N. The van der Waals surface area contributed by atoms with Crippen LogP contribution in [0.4, 0.5) is 0 Å². The SMILES string of the molecule is CC1(C)c2ccccc2-c2nc3ccc4ccccc4c3c(-c3ccc(-c4cccc(-c5ccc6cc7ccccc7cc6c5)c4)cc3)c21. The van der Waals surface area contributed by atoms with Gasteiger partial charge in [-0.1, -0.05) is 147 Å². The Morgan fingerprint density at radius 2 is 1.02 bits per heavy atom. The van der Waals surface area contributed by atoms with Gasteiger partial charge in [-0.3, -0.25) is 0 Å². The summed E-state index contributed by atoms with van der Waals surface area (Å²) in [6.45, 7) is 4.71. The zero-order valence-corrected chi connectivity index (χ0v) is 27.5. The molecule has 0 aliphatic heterocycles.